The number of nitrogens with one attached hydrogen (secondary N) is 1. The van der Waals surface area contributed by atoms with Gasteiger partial charge in [0, 0.05) is 6.54 Å². The number of sulfonamides is 1. The predicted molar refractivity (Wildman–Crippen MR) is 124 cm³/mol. The molecule has 0 bridgehead atoms. The van der Waals surface area contributed by atoms with Crippen LogP contribution in [0.15, 0.2) is 42.5 Å². The first-order valence-electron chi connectivity index (χ1n) is 10.2. The van der Waals surface area contributed by atoms with Gasteiger partial charge in [0.2, 0.25) is 15.9 Å². The maximum Gasteiger partial charge on any atom is 0.240 e. The smallest absolute Gasteiger partial charge is 0.240 e. The second kappa shape index (κ2) is 11.0. The summed E-state index contributed by atoms with van der Waals surface area (Å²) in [7, 11) is -0.430. The third-order valence-corrected chi connectivity index (χ3v) is 6.05. The molecular weight excluding hydrogens is 416 g/mol. The van der Waals surface area contributed by atoms with E-state index in [2.05, 4.69) is 5.32 Å². The summed E-state index contributed by atoms with van der Waals surface area (Å²) in [4.78, 5) is 12.5. The molecule has 8 heteroatoms. The Balaban J connectivity index is 1.97. The fraction of sp³-hybridized carbons (Fsp3) is 0.435. The topological polar surface area (TPSA) is 84.9 Å². The van der Waals surface area contributed by atoms with Gasteiger partial charge in [-0.3, -0.25) is 9.10 Å². The summed E-state index contributed by atoms with van der Waals surface area (Å²) in [5.41, 5.74) is 2.49. The molecule has 0 aliphatic rings. The second-order valence-electron chi connectivity index (χ2n) is 7.63. The molecule has 2 aromatic rings. The molecule has 1 amide bonds. The summed E-state index contributed by atoms with van der Waals surface area (Å²) < 4.78 is 36.5. The molecule has 0 saturated heterocycles. The minimum Gasteiger partial charge on any atom is -0.493 e. The molecule has 170 valence electrons. The summed E-state index contributed by atoms with van der Waals surface area (Å²) in [6.07, 6.45) is 2.57. The van der Waals surface area contributed by atoms with Crippen molar-refractivity contribution in [3.8, 4) is 11.5 Å². The number of methoxy groups -OCH3 is 2. The minimum absolute atomic E-state index is 0.130. The molecule has 31 heavy (non-hydrogen) atoms. The number of amides is 1. The van der Waals surface area contributed by atoms with Gasteiger partial charge in [0.15, 0.2) is 11.5 Å². The summed E-state index contributed by atoms with van der Waals surface area (Å²) in [6.45, 7) is 4.18. The monoisotopic (exact) mass is 448 g/mol. The lowest BCUT2D eigenvalue weighted by Gasteiger charge is -2.25. The zero-order chi connectivity index (χ0) is 23.0. The highest BCUT2D eigenvalue weighted by Gasteiger charge is 2.23. The van der Waals surface area contributed by atoms with E-state index in [1.807, 2.05) is 44.2 Å². The average molecular weight is 449 g/mol. The molecule has 0 radical (unpaired) electrons. The zero-order valence-corrected chi connectivity index (χ0v) is 19.7. The summed E-state index contributed by atoms with van der Waals surface area (Å²) >= 11 is 0. The minimum atomic E-state index is -3.61. The molecule has 0 fully saturated rings. The highest BCUT2D eigenvalue weighted by Crippen LogP contribution is 2.29. The second-order valence-corrected chi connectivity index (χ2v) is 9.53. The Hall–Kier alpha value is -2.74. The quantitative estimate of drug-likeness (QED) is 0.533. The standard InChI is InChI=1S/C23H32N2O5S/c1-17(2)19-10-6-7-11-20(19)25(31(5,27)28)16-23(26)24-14-8-9-18-12-13-21(29-3)22(15-18)30-4/h6-7,10-13,15,17H,8-9,14,16H2,1-5H3,(H,24,26). The summed E-state index contributed by atoms with van der Waals surface area (Å²) in [5.74, 6) is 1.13. The number of anilines is 1. The van der Waals surface area contributed by atoms with Crippen LogP contribution in [0, 0.1) is 0 Å². The van der Waals surface area contributed by atoms with Crippen LogP contribution in [0.3, 0.4) is 0 Å². The van der Waals surface area contributed by atoms with Gasteiger partial charge in [-0.1, -0.05) is 38.1 Å². The molecule has 0 aromatic heterocycles. The van der Waals surface area contributed by atoms with E-state index < -0.39 is 10.0 Å². The zero-order valence-electron chi connectivity index (χ0n) is 18.8. The van der Waals surface area contributed by atoms with Gasteiger partial charge in [0.1, 0.15) is 6.54 Å². The molecule has 0 unspecified atom stereocenters. The van der Waals surface area contributed by atoms with Crippen molar-refractivity contribution in [1.29, 1.82) is 0 Å². The van der Waals surface area contributed by atoms with E-state index in [1.54, 1.807) is 26.4 Å². The Bertz CT molecular complexity index is 989. The van der Waals surface area contributed by atoms with E-state index in [9.17, 15) is 13.2 Å². The van der Waals surface area contributed by atoms with Crippen LogP contribution < -0.4 is 19.1 Å². The van der Waals surface area contributed by atoms with Crippen LogP contribution in [-0.2, 0) is 21.2 Å². The van der Waals surface area contributed by atoms with Crippen molar-refractivity contribution >= 4 is 21.6 Å². The Morgan fingerprint density at radius 3 is 2.35 bits per heavy atom. The lowest BCUT2D eigenvalue weighted by atomic mass is 10.0. The number of hydrogen-bond acceptors (Lipinski definition) is 5. The van der Waals surface area contributed by atoms with Crippen LogP contribution >= 0.6 is 0 Å². The number of aryl methyl sites for hydroxylation is 1. The molecule has 0 aliphatic carbocycles. The molecular formula is C23H32N2O5S. The number of carbonyl (C=O) groups is 1. The van der Waals surface area contributed by atoms with Gasteiger partial charge in [-0.05, 0) is 48.1 Å². The number of benzene rings is 2. The van der Waals surface area contributed by atoms with Gasteiger partial charge in [-0.15, -0.1) is 0 Å². The number of para-hydroxylation sites is 1. The molecule has 0 spiro atoms. The number of carbonyl (C=O) groups excluding carboxylic acids is 1. The first kappa shape index (κ1) is 24.5. The van der Waals surface area contributed by atoms with Crippen LogP contribution in [0.2, 0.25) is 0 Å². The number of rotatable bonds is 11. The van der Waals surface area contributed by atoms with Crippen molar-refractivity contribution < 1.29 is 22.7 Å². The molecule has 0 atom stereocenters. The van der Waals surface area contributed by atoms with Gasteiger partial charge < -0.3 is 14.8 Å². The van der Waals surface area contributed by atoms with E-state index in [-0.39, 0.29) is 18.4 Å². The van der Waals surface area contributed by atoms with Crippen LogP contribution in [0.4, 0.5) is 5.69 Å². The Morgan fingerprint density at radius 1 is 1.06 bits per heavy atom. The molecule has 0 aliphatic heterocycles. The molecule has 2 aromatic carbocycles. The Morgan fingerprint density at radius 2 is 1.74 bits per heavy atom. The first-order chi connectivity index (χ1) is 14.7. The van der Waals surface area contributed by atoms with Gasteiger partial charge in [-0.25, -0.2) is 8.42 Å². The lowest BCUT2D eigenvalue weighted by Crippen LogP contribution is -2.41. The van der Waals surface area contributed by atoms with E-state index in [0.29, 0.717) is 30.2 Å². The van der Waals surface area contributed by atoms with Crippen LogP contribution in [-0.4, -0.2) is 47.9 Å². The average Bonchev–Trinajstić information content (AvgIpc) is 2.74. The molecule has 1 N–H and O–H groups in total. The van der Waals surface area contributed by atoms with Gasteiger partial charge in [0.05, 0.1) is 26.2 Å². The number of hydrogen-bond donors (Lipinski definition) is 1. The number of nitrogens with zero attached hydrogens (tertiary/aromatic N) is 1. The number of ether oxygens (including phenoxy) is 2. The Kier molecular flexibility index (Phi) is 8.74. The first-order valence-corrected chi connectivity index (χ1v) is 12.1. The van der Waals surface area contributed by atoms with Gasteiger partial charge >= 0.3 is 0 Å². The molecule has 0 saturated carbocycles. The SMILES string of the molecule is COc1ccc(CCCNC(=O)CN(c2ccccc2C(C)C)S(C)(=O)=O)cc1OC. The van der Waals surface area contributed by atoms with Crippen LogP contribution in [0.5, 0.6) is 11.5 Å². The van der Waals surface area contributed by atoms with Crippen LogP contribution in [0.1, 0.15) is 37.3 Å². The third kappa shape index (κ3) is 6.89. The van der Waals surface area contributed by atoms with Crippen molar-refractivity contribution in [2.75, 3.05) is 37.9 Å². The maximum atomic E-state index is 12.5. The van der Waals surface area contributed by atoms with Crippen LogP contribution in [0.25, 0.3) is 0 Å². The maximum absolute atomic E-state index is 12.5. The predicted octanol–water partition coefficient (Wildman–Crippen LogP) is 3.34. The Labute approximate surface area is 185 Å². The molecule has 0 heterocycles. The van der Waals surface area contributed by atoms with Crippen molar-refractivity contribution in [2.45, 2.75) is 32.6 Å². The van der Waals surface area contributed by atoms with Gasteiger partial charge in [0.25, 0.3) is 0 Å². The lowest BCUT2D eigenvalue weighted by molar-refractivity contribution is -0.119. The normalized spacial score (nSPS) is 11.3. The highest BCUT2D eigenvalue weighted by atomic mass is 32.2. The highest BCUT2D eigenvalue weighted by molar-refractivity contribution is 7.92. The fourth-order valence-corrected chi connectivity index (χ4v) is 4.20. The largest absolute Gasteiger partial charge is 0.493 e. The fourth-order valence-electron chi connectivity index (χ4n) is 3.33. The van der Waals surface area contributed by atoms with Gasteiger partial charge in [-0.2, -0.15) is 0 Å². The van der Waals surface area contributed by atoms with Crippen molar-refractivity contribution in [3.05, 3.63) is 53.6 Å². The van der Waals surface area contributed by atoms with Crippen molar-refractivity contribution in [3.63, 3.8) is 0 Å². The summed E-state index contributed by atoms with van der Waals surface area (Å²) in [5, 5.41) is 2.82. The third-order valence-electron chi connectivity index (χ3n) is 4.93. The molecule has 7 nitrogen and oxygen atoms in total. The summed E-state index contributed by atoms with van der Waals surface area (Å²) in [6, 6.07) is 13.0. The van der Waals surface area contributed by atoms with E-state index >= 15 is 0 Å². The van der Waals surface area contributed by atoms with Crippen molar-refractivity contribution in [2.24, 2.45) is 0 Å². The van der Waals surface area contributed by atoms with E-state index in [1.165, 1.54) is 4.31 Å². The van der Waals surface area contributed by atoms with E-state index in [0.717, 1.165) is 23.8 Å². The van der Waals surface area contributed by atoms with Crippen molar-refractivity contribution in [1.82, 2.24) is 5.32 Å². The van der Waals surface area contributed by atoms with E-state index in [4.69, 9.17) is 9.47 Å². The molecule has 2 rings (SSSR count).